The SMILES string of the molecule is COC(=O)c1cc(S(=O)(=O)NCc2c(OC)cc(OC)cc2OC)cc(C(=O)O)c1N. The van der Waals surface area contributed by atoms with Gasteiger partial charge in [-0.05, 0) is 12.1 Å². The molecular formula is C19H22N2O9S. The van der Waals surface area contributed by atoms with E-state index in [-0.39, 0.29) is 12.1 Å². The Bertz CT molecular complexity index is 1090. The smallest absolute Gasteiger partial charge is 0.340 e. The standard InChI is InChI=1S/C19H22N2O9S/c1-27-10-5-15(28-2)14(16(6-10)29-3)9-21-31(25,26)11-7-12(18(22)23)17(20)13(8-11)19(24)30-4/h5-8,21H,9,20H2,1-4H3,(H,22,23). The molecule has 2 aromatic rings. The third kappa shape index (κ3) is 4.98. The molecule has 31 heavy (non-hydrogen) atoms. The molecule has 0 aliphatic rings. The van der Waals surface area contributed by atoms with E-state index in [1.165, 1.54) is 21.3 Å². The number of carboxylic acid groups (broad SMARTS) is 1. The molecule has 11 nitrogen and oxygen atoms in total. The highest BCUT2D eigenvalue weighted by Crippen LogP contribution is 2.34. The monoisotopic (exact) mass is 454 g/mol. The van der Waals surface area contributed by atoms with Crippen LogP contribution in [0.4, 0.5) is 5.69 Å². The second-order valence-electron chi connectivity index (χ2n) is 6.06. The summed E-state index contributed by atoms with van der Waals surface area (Å²) in [4.78, 5) is 22.9. The second kappa shape index (κ2) is 9.53. The first kappa shape index (κ1) is 23.8. The van der Waals surface area contributed by atoms with E-state index in [1.807, 2.05) is 0 Å². The van der Waals surface area contributed by atoms with Crippen molar-refractivity contribution in [3.63, 3.8) is 0 Å². The van der Waals surface area contributed by atoms with Gasteiger partial charge in [0.2, 0.25) is 10.0 Å². The quantitative estimate of drug-likeness (QED) is 0.371. The topological polar surface area (TPSA) is 163 Å². The molecule has 0 aliphatic carbocycles. The number of nitrogens with one attached hydrogen (secondary N) is 1. The highest BCUT2D eigenvalue weighted by Gasteiger charge is 2.25. The van der Waals surface area contributed by atoms with Gasteiger partial charge in [0, 0.05) is 18.7 Å². The van der Waals surface area contributed by atoms with E-state index in [2.05, 4.69) is 9.46 Å². The van der Waals surface area contributed by atoms with Gasteiger partial charge in [-0.1, -0.05) is 0 Å². The molecule has 12 heteroatoms. The molecule has 0 aliphatic heterocycles. The Labute approximate surface area is 178 Å². The lowest BCUT2D eigenvalue weighted by Crippen LogP contribution is -2.25. The Hall–Kier alpha value is -3.51. The van der Waals surface area contributed by atoms with Crippen molar-refractivity contribution >= 4 is 27.6 Å². The Morgan fingerprint density at radius 3 is 1.97 bits per heavy atom. The molecule has 0 atom stereocenters. The first-order valence-electron chi connectivity index (χ1n) is 8.63. The summed E-state index contributed by atoms with van der Waals surface area (Å²) in [6.45, 7) is -0.265. The molecule has 0 aromatic heterocycles. The van der Waals surface area contributed by atoms with Gasteiger partial charge in [-0.3, -0.25) is 0 Å². The van der Waals surface area contributed by atoms with Gasteiger partial charge in [0.25, 0.3) is 0 Å². The molecule has 4 N–H and O–H groups in total. The number of carboxylic acids is 1. The second-order valence-corrected chi connectivity index (χ2v) is 7.83. The predicted molar refractivity (Wildman–Crippen MR) is 109 cm³/mol. The van der Waals surface area contributed by atoms with E-state index in [0.717, 1.165) is 19.2 Å². The highest BCUT2D eigenvalue weighted by molar-refractivity contribution is 7.89. The number of hydrogen-bond donors (Lipinski definition) is 3. The Morgan fingerprint density at radius 2 is 1.52 bits per heavy atom. The third-order valence-electron chi connectivity index (χ3n) is 4.36. The van der Waals surface area contributed by atoms with Gasteiger partial charge in [0.05, 0.1) is 55.7 Å². The first-order valence-corrected chi connectivity index (χ1v) is 10.1. The Kier molecular flexibility index (Phi) is 7.31. The van der Waals surface area contributed by atoms with Crippen LogP contribution < -0.4 is 24.7 Å². The number of carbonyl (C=O) groups is 2. The molecule has 0 saturated carbocycles. The number of benzene rings is 2. The molecule has 2 aromatic carbocycles. The lowest BCUT2D eigenvalue weighted by molar-refractivity contribution is 0.0601. The van der Waals surface area contributed by atoms with E-state index < -0.39 is 38.1 Å². The number of ether oxygens (including phenoxy) is 4. The van der Waals surface area contributed by atoms with Gasteiger partial charge in [0.15, 0.2) is 0 Å². The summed E-state index contributed by atoms with van der Waals surface area (Å²) in [5.74, 6) is -1.43. The van der Waals surface area contributed by atoms with Crippen LogP contribution in [0.3, 0.4) is 0 Å². The lowest BCUT2D eigenvalue weighted by atomic mass is 10.1. The minimum atomic E-state index is -4.28. The van der Waals surface area contributed by atoms with Crippen LogP contribution in [0.15, 0.2) is 29.2 Å². The predicted octanol–water partition coefficient (Wildman–Crippen LogP) is 1.26. The zero-order valence-corrected chi connectivity index (χ0v) is 18.0. The van der Waals surface area contributed by atoms with Crippen LogP contribution in [0.2, 0.25) is 0 Å². The summed E-state index contributed by atoms with van der Waals surface area (Å²) < 4.78 is 48.4. The van der Waals surface area contributed by atoms with Crippen LogP contribution >= 0.6 is 0 Å². The zero-order chi connectivity index (χ0) is 23.3. The highest BCUT2D eigenvalue weighted by atomic mass is 32.2. The molecule has 0 bridgehead atoms. The minimum absolute atomic E-state index is 0.265. The number of carbonyl (C=O) groups excluding carboxylic acids is 1. The van der Waals surface area contributed by atoms with Gasteiger partial charge in [-0.15, -0.1) is 0 Å². The maximum absolute atomic E-state index is 12.9. The normalized spacial score (nSPS) is 11.0. The van der Waals surface area contributed by atoms with Crippen molar-refractivity contribution in [3.05, 3.63) is 41.0 Å². The fraction of sp³-hybridized carbons (Fsp3) is 0.263. The van der Waals surface area contributed by atoms with Gasteiger partial charge >= 0.3 is 11.9 Å². The minimum Gasteiger partial charge on any atom is -0.496 e. The Balaban J connectivity index is 2.50. The Morgan fingerprint density at radius 1 is 0.968 bits per heavy atom. The van der Waals surface area contributed by atoms with Crippen LogP contribution in [0.5, 0.6) is 17.2 Å². The number of methoxy groups -OCH3 is 4. The molecular weight excluding hydrogens is 432 g/mol. The summed E-state index contributed by atoms with van der Waals surface area (Å²) in [5, 5.41) is 9.34. The largest absolute Gasteiger partial charge is 0.496 e. The molecule has 2 rings (SSSR count). The average molecular weight is 454 g/mol. The van der Waals surface area contributed by atoms with Crippen molar-refractivity contribution in [2.75, 3.05) is 34.2 Å². The first-order chi connectivity index (χ1) is 14.6. The number of rotatable bonds is 9. The number of aromatic carboxylic acids is 1. The van der Waals surface area contributed by atoms with Crippen molar-refractivity contribution in [3.8, 4) is 17.2 Å². The number of sulfonamides is 1. The number of nitrogen functional groups attached to an aromatic ring is 1. The van der Waals surface area contributed by atoms with E-state index >= 15 is 0 Å². The molecule has 168 valence electrons. The van der Waals surface area contributed by atoms with Crippen LogP contribution in [0.25, 0.3) is 0 Å². The van der Waals surface area contributed by atoms with Crippen molar-refractivity contribution < 1.29 is 42.1 Å². The summed E-state index contributed by atoms with van der Waals surface area (Å²) >= 11 is 0. The van der Waals surface area contributed by atoms with Gasteiger partial charge in [0.1, 0.15) is 17.2 Å². The van der Waals surface area contributed by atoms with Crippen molar-refractivity contribution in [1.82, 2.24) is 4.72 Å². The molecule has 0 unspecified atom stereocenters. The zero-order valence-electron chi connectivity index (χ0n) is 17.2. The van der Waals surface area contributed by atoms with Crippen LogP contribution in [-0.2, 0) is 21.3 Å². The third-order valence-corrected chi connectivity index (χ3v) is 5.74. The number of anilines is 1. The van der Waals surface area contributed by atoms with Crippen LogP contribution in [-0.4, -0.2) is 53.9 Å². The molecule has 0 heterocycles. The van der Waals surface area contributed by atoms with Crippen molar-refractivity contribution in [2.45, 2.75) is 11.4 Å². The number of nitrogens with two attached hydrogens (primary N) is 1. The van der Waals surface area contributed by atoms with E-state index in [1.54, 1.807) is 12.1 Å². The van der Waals surface area contributed by atoms with Gasteiger partial charge < -0.3 is 29.8 Å². The average Bonchev–Trinajstić information content (AvgIpc) is 2.76. The fourth-order valence-corrected chi connectivity index (χ4v) is 3.79. The summed E-state index contributed by atoms with van der Waals surface area (Å²) in [6.07, 6.45) is 0. The van der Waals surface area contributed by atoms with E-state index in [9.17, 15) is 23.1 Å². The summed E-state index contributed by atoms with van der Waals surface area (Å²) in [6, 6.07) is 4.90. The van der Waals surface area contributed by atoms with E-state index in [0.29, 0.717) is 22.8 Å². The molecule has 0 saturated heterocycles. The summed E-state index contributed by atoms with van der Waals surface area (Å²) in [7, 11) is 1.03. The number of hydrogen-bond acceptors (Lipinski definition) is 9. The summed E-state index contributed by atoms with van der Waals surface area (Å²) in [5.41, 5.74) is 4.73. The maximum atomic E-state index is 12.9. The molecule has 0 fully saturated rings. The number of esters is 1. The molecule has 0 spiro atoms. The fourth-order valence-electron chi connectivity index (χ4n) is 2.74. The van der Waals surface area contributed by atoms with Gasteiger partial charge in [-0.25, -0.2) is 22.7 Å². The van der Waals surface area contributed by atoms with E-state index in [4.69, 9.17) is 19.9 Å². The maximum Gasteiger partial charge on any atom is 0.340 e. The lowest BCUT2D eigenvalue weighted by Gasteiger charge is -2.16. The van der Waals surface area contributed by atoms with Gasteiger partial charge in [-0.2, -0.15) is 0 Å². The molecule has 0 amide bonds. The van der Waals surface area contributed by atoms with Crippen molar-refractivity contribution in [2.24, 2.45) is 0 Å². The molecule has 0 radical (unpaired) electrons. The van der Waals surface area contributed by atoms with Crippen molar-refractivity contribution in [1.29, 1.82) is 0 Å². The van der Waals surface area contributed by atoms with Crippen LogP contribution in [0, 0.1) is 0 Å². The van der Waals surface area contributed by atoms with Crippen LogP contribution in [0.1, 0.15) is 26.3 Å².